The first-order valence-electron chi connectivity index (χ1n) is 7.37. The van der Waals surface area contributed by atoms with Gasteiger partial charge in [0.15, 0.2) is 0 Å². The Kier molecular flexibility index (Phi) is 3.60. The van der Waals surface area contributed by atoms with Gasteiger partial charge in [0.2, 0.25) is 0 Å². The summed E-state index contributed by atoms with van der Waals surface area (Å²) < 4.78 is 2.11. The van der Waals surface area contributed by atoms with Crippen molar-refractivity contribution in [1.29, 1.82) is 5.26 Å². The van der Waals surface area contributed by atoms with Crippen LogP contribution in [-0.4, -0.2) is 11.4 Å². The van der Waals surface area contributed by atoms with Crippen molar-refractivity contribution >= 4 is 11.2 Å². The van der Waals surface area contributed by atoms with Crippen molar-refractivity contribution in [3.05, 3.63) is 71.0 Å². The Morgan fingerprint density at radius 2 is 1.77 bits per heavy atom. The minimum absolute atomic E-state index is 0.732. The van der Waals surface area contributed by atoms with Gasteiger partial charge in [-0.2, -0.15) is 5.26 Å². The molecule has 3 heteroatoms. The predicted molar refractivity (Wildman–Crippen MR) is 90.1 cm³/mol. The first-order chi connectivity index (χ1) is 10.6. The number of nitrogens with zero attached hydrogens (tertiary/aromatic N) is 3. The molecule has 3 nitrogen and oxygen atoms in total. The van der Waals surface area contributed by atoms with Gasteiger partial charge in [0.1, 0.15) is 6.07 Å². The number of hydrogen-bond donors (Lipinski definition) is 0. The Labute approximate surface area is 131 Å². The quantitative estimate of drug-likeness (QED) is 0.728. The van der Waals surface area contributed by atoms with Crippen LogP contribution in [0, 0.1) is 25.2 Å². The highest BCUT2D eigenvalue weighted by atomic mass is 15.1. The van der Waals surface area contributed by atoms with Crippen LogP contribution < -0.4 is 4.90 Å². The minimum atomic E-state index is 0.732. The molecule has 0 aliphatic rings. The summed E-state index contributed by atoms with van der Waals surface area (Å²) in [5.41, 5.74) is 6.43. The molecule has 0 aliphatic carbocycles. The average Bonchev–Trinajstić information content (AvgIpc) is 2.85. The van der Waals surface area contributed by atoms with E-state index in [0.717, 1.165) is 23.3 Å². The maximum Gasteiger partial charge on any atom is 0.101 e. The molecule has 0 N–H and O–H groups in total. The van der Waals surface area contributed by atoms with E-state index in [2.05, 4.69) is 65.7 Å². The highest BCUT2D eigenvalue weighted by Gasteiger charge is 2.11. The number of benzene rings is 1. The largest absolute Gasteiger partial charge is 0.369 e. The van der Waals surface area contributed by atoms with Crippen LogP contribution in [0.5, 0.6) is 0 Å². The van der Waals surface area contributed by atoms with Crippen LogP contribution in [-0.2, 0) is 6.54 Å². The second kappa shape index (κ2) is 5.57. The number of pyridine rings is 1. The summed E-state index contributed by atoms with van der Waals surface area (Å²) in [7, 11) is 2.07. The first-order valence-corrected chi connectivity index (χ1v) is 7.37. The summed E-state index contributed by atoms with van der Waals surface area (Å²) in [6.45, 7) is 4.90. The molecule has 1 aromatic carbocycles. The van der Waals surface area contributed by atoms with Gasteiger partial charge in [0.25, 0.3) is 0 Å². The Bertz CT molecular complexity index is 851. The lowest BCUT2D eigenvalue weighted by molar-refractivity contribution is 0.870. The molecular weight excluding hydrogens is 270 g/mol. The third kappa shape index (κ3) is 2.56. The number of rotatable bonds is 3. The van der Waals surface area contributed by atoms with Crippen LogP contribution in [0.1, 0.15) is 22.4 Å². The van der Waals surface area contributed by atoms with Gasteiger partial charge < -0.3 is 9.30 Å². The van der Waals surface area contributed by atoms with Crippen LogP contribution in [0.25, 0.3) is 5.52 Å². The van der Waals surface area contributed by atoms with Gasteiger partial charge in [-0.3, -0.25) is 0 Å². The lowest BCUT2D eigenvalue weighted by Crippen LogP contribution is -2.17. The third-order valence-corrected chi connectivity index (χ3v) is 4.00. The first kappa shape index (κ1) is 14.2. The van der Waals surface area contributed by atoms with Gasteiger partial charge in [-0.05, 0) is 49.7 Å². The van der Waals surface area contributed by atoms with Gasteiger partial charge in [0, 0.05) is 24.6 Å². The monoisotopic (exact) mass is 289 g/mol. The Balaban J connectivity index is 1.97. The number of fused-ring (bicyclic) bond motifs is 1. The molecule has 2 aromatic heterocycles. The maximum absolute atomic E-state index is 9.34. The van der Waals surface area contributed by atoms with Crippen molar-refractivity contribution in [1.82, 2.24) is 4.40 Å². The standard InChI is InChI=1S/C19H19N3/c1-14-4-6-17(7-5-14)21(3)13-18-11-16(12-20)19-10-15(2)8-9-22(18)19/h4-11H,13H2,1-3H3. The molecule has 0 saturated carbocycles. The fraction of sp³-hybridized carbons (Fsp3) is 0.211. The van der Waals surface area contributed by atoms with E-state index in [0.29, 0.717) is 0 Å². The Morgan fingerprint density at radius 3 is 2.45 bits per heavy atom. The predicted octanol–water partition coefficient (Wildman–Crippen LogP) is 4.06. The van der Waals surface area contributed by atoms with E-state index in [-0.39, 0.29) is 0 Å². The summed E-state index contributed by atoms with van der Waals surface area (Å²) in [6, 6.07) is 16.9. The maximum atomic E-state index is 9.34. The Morgan fingerprint density at radius 1 is 1.05 bits per heavy atom. The van der Waals surface area contributed by atoms with E-state index in [9.17, 15) is 5.26 Å². The molecule has 0 aliphatic heterocycles. The molecule has 3 aromatic rings. The van der Waals surface area contributed by atoms with Crippen molar-refractivity contribution in [2.75, 3.05) is 11.9 Å². The molecule has 0 spiro atoms. The number of aryl methyl sites for hydroxylation is 2. The molecule has 0 fully saturated rings. The molecule has 0 atom stereocenters. The highest BCUT2D eigenvalue weighted by Crippen LogP contribution is 2.21. The second-order valence-electron chi connectivity index (χ2n) is 5.81. The minimum Gasteiger partial charge on any atom is -0.369 e. The average molecular weight is 289 g/mol. The fourth-order valence-corrected chi connectivity index (χ4v) is 2.72. The zero-order valence-corrected chi connectivity index (χ0v) is 13.2. The van der Waals surface area contributed by atoms with Gasteiger partial charge in [-0.1, -0.05) is 17.7 Å². The van der Waals surface area contributed by atoms with Crippen molar-refractivity contribution < 1.29 is 0 Å². The van der Waals surface area contributed by atoms with Crippen LogP contribution in [0.15, 0.2) is 48.7 Å². The van der Waals surface area contributed by atoms with Gasteiger partial charge in [-0.25, -0.2) is 0 Å². The lowest BCUT2D eigenvalue weighted by atomic mass is 10.2. The summed E-state index contributed by atoms with van der Waals surface area (Å²) in [6.07, 6.45) is 2.05. The van der Waals surface area contributed by atoms with Crippen molar-refractivity contribution in [3.8, 4) is 6.07 Å². The normalized spacial score (nSPS) is 10.6. The van der Waals surface area contributed by atoms with Crippen LogP contribution in [0.2, 0.25) is 0 Å². The number of anilines is 1. The van der Waals surface area contributed by atoms with E-state index in [4.69, 9.17) is 0 Å². The molecule has 0 bridgehead atoms. The van der Waals surface area contributed by atoms with Crippen LogP contribution >= 0.6 is 0 Å². The molecule has 0 unspecified atom stereocenters. The van der Waals surface area contributed by atoms with E-state index >= 15 is 0 Å². The molecule has 0 saturated heterocycles. The summed E-state index contributed by atoms with van der Waals surface area (Å²) in [5, 5.41) is 9.34. The molecule has 0 amide bonds. The Hall–Kier alpha value is -2.73. The van der Waals surface area contributed by atoms with Crippen molar-refractivity contribution in [3.63, 3.8) is 0 Å². The van der Waals surface area contributed by atoms with E-state index in [1.165, 1.54) is 16.8 Å². The number of aromatic nitrogens is 1. The fourth-order valence-electron chi connectivity index (χ4n) is 2.72. The smallest absolute Gasteiger partial charge is 0.101 e. The van der Waals surface area contributed by atoms with E-state index in [1.807, 2.05) is 19.2 Å². The molecule has 3 rings (SSSR count). The zero-order valence-electron chi connectivity index (χ0n) is 13.2. The van der Waals surface area contributed by atoms with Gasteiger partial charge in [-0.15, -0.1) is 0 Å². The highest BCUT2D eigenvalue weighted by molar-refractivity contribution is 5.64. The number of hydrogen-bond acceptors (Lipinski definition) is 2. The topological polar surface area (TPSA) is 31.4 Å². The molecular formula is C19H19N3. The second-order valence-corrected chi connectivity index (χ2v) is 5.81. The third-order valence-electron chi connectivity index (χ3n) is 4.00. The van der Waals surface area contributed by atoms with Crippen LogP contribution in [0.3, 0.4) is 0 Å². The van der Waals surface area contributed by atoms with Crippen LogP contribution in [0.4, 0.5) is 5.69 Å². The summed E-state index contributed by atoms with van der Waals surface area (Å²) in [4.78, 5) is 2.20. The molecule has 22 heavy (non-hydrogen) atoms. The molecule has 0 radical (unpaired) electrons. The van der Waals surface area contributed by atoms with E-state index in [1.54, 1.807) is 0 Å². The van der Waals surface area contributed by atoms with Crippen molar-refractivity contribution in [2.45, 2.75) is 20.4 Å². The summed E-state index contributed by atoms with van der Waals surface area (Å²) in [5.74, 6) is 0. The molecule has 110 valence electrons. The van der Waals surface area contributed by atoms with Gasteiger partial charge >= 0.3 is 0 Å². The number of nitriles is 1. The lowest BCUT2D eigenvalue weighted by Gasteiger charge is -2.19. The van der Waals surface area contributed by atoms with Gasteiger partial charge in [0.05, 0.1) is 17.6 Å². The van der Waals surface area contributed by atoms with E-state index < -0.39 is 0 Å². The SMILES string of the molecule is Cc1ccc(N(C)Cc2cc(C#N)c3cc(C)ccn23)cc1. The zero-order chi connectivity index (χ0) is 15.7. The molecule has 2 heterocycles. The summed E-state index contributed by atoms with van der Waals surface area (Å²) >= 11 is 0. The van der Waals surface area contributed by atoms with Crippen molar-refractivity contribution in [2.24, 2.45) is 0 Å².